The summed E-state index contributed by atoms with van der Waals surface area (Å²) in [5, 5.41) is 2.63. The molecule has 0 aromatic heterocycles. The standard InChI is InChI=1S/C19H20N2O4S/c1-4-25-15(22)10-14-11-26-19-20-12(2)16(18(23)24-3)17(21(14)19)13-8-6-5-7-9-13/h5-9,11,17H,4,10H2,1-3H3. The lowest BCUT2D eigenvalue weighted by Crippen LogP contribution is -2.37. The first-order chi connectivity index (χ1) is 12.6. The molecule has 0 radical (unpaired) electrons. The fourth-order valence-corrected chi connectivity index (χ4v) is 4.02. The molecule has 0 bridgehead atoms. The topological polar surface area (TPSA) is 68.2 Å². The molecule has 0 fully saturated rings. The Kier molecular flexibility index (Phi) is 5.46. The minimum atomic E-state index is -0.425. The van der Waals surface area contributed by atoms with Gasteiger partial charge in [0.05, 0.1) is 37.4 Å². The number of benzene rings is 1. The molecule has 0 amide bonds. The van der Waals surface area contributed by atoms with Crippen LogP contribution in [0.1, 0.15) is 31.9 Å². The Hall–Kier alpha value is -2.54. The number of rotatable bonds is 5. The third-order valence-corrected chi connectivity index (χ3v) is 5.04. The van der Waals surface area contributed by atoms with Gasteiger partial charge in [0.15, 0.2) is 5.17 Å². The maximum absolute atomic E-state index is 12.5. The van der Waals surface area contributed by atoms with Crippen molar-refractivity contribution in [2.75, 3.05) is 13.7 Å². The molecule has 136 valence electrons. The van der Waals surface area contributed by atoms with E-state index in [1.807, 2.05) is 40.6 Å². The number of ether oxygens (including phenoxy) is 2. The lowest BCUT2D eigenvalue weighted by molar-refractivity contribution is -0.142. The highest BCUT2D eigenvalue weighted by molar-refractivity contribution is 8.16. The van der Waals surface area contributed by atoms with Crippen molar-refractivity contribution in [3.05, 3.63) is 58.3 Å². The fraction of sp³-hybridized carbons (Fsp3) is 0.316. The first-order valence-electron chi connectivity index (χ1n) is 8.30. The second-order valence-corrected chi connectivity index (χ2v) is 6.61. The van der Waals surface area contributed by atoms with E-state index in [1.54, 1.807) is 13.8 Å². The van der Waals surface area contributed by atoms with E-state index >= 15 is 0 Å². The number of fused-ring (bicyclic) bond motifs is 1. The van der Waals surface area contributed by atoms with Crippen molar-refractivity contribution in [3.8, 4) is 0 Å². The minimum absolute atomic E-state index is 0.122. The molecule has 1 aromatic rings. The van der Waals surface area contributed by atoms with Gasteiger partial charge in [0.1, 0.15) is 0 Å². The van der Waals surface area contributed by atoms with Gasteiger partial charge in [-0.15, -0.1) is 0 Å². The zero-order valence-electron chi connectivity index (χ0n) is 14.9. The van der Waals surface area contributed by atoms with Gasteiger partial charge in [0.2, 0.25) is 0 Å². The van der Waals surface area contributed by atoms with Gasteiger partial charge in [0, 0.05) is 5.70 Å². The van der Waals surface area contributed by atoms with Gasteiger partial charge in [-0.1, -0.05) is 42.1 Å². The molecule has 1 unspecified atom stereocenters. The largest absolute Gasteiger partial charge is 0.466 e. The second-order valence-electron chi connectivity index (χ2n) is 5.78. The summed E-state index contributed by atoms with van der Waals surface area (Å²) in [5.74, 6) is -0.732. The molecule has 2 aliphatic rings. The summed E-state index contributed by atoms with van der Waals surface area (Å²) in [6, 6.07) is 9.27. The Morgan fingerprint density at radius 1 is 1.27 bits per heavy atom. The molecular formula is C19H20N2O4S. The summed E-state index contributed by atoms with van der Waals surface area (Å²) >= 11 is 1.44. The highest BCUT2D eigenvalue weighted by atomic mass is 32.2. The summed E-state index contributed by atoms with van der Waals surface area (Å²) in [6.45, 7) is 3.91. The van der Waals surface area contributed by atoms with E-state index in [4.69, 9.17) is 9.47 Å². The zero-order valence-corrected chi connectivity index (χ0v) is 15.7. The Balaban J connectivity index is 2.04. The number of carbonyl (C=O) groups is 2. The predicted octanol–water partition coefficient (Wildman–Crippen LogP) is 3.39. The van der Waals surface area contributed by atoms with Crippen LogP contribution in [-0.4, -0.2) is 35.7 Å². The van der Waals surface area contributed by atoms with E-state index in [0.29, 0.717) is 17.9 Å². The molecule has 7 heteroatoms. The number of hydrogen-bond acceptors (Lipinski definition) is 7. The van der Waals surface area contributed by atoms with Gasteiger partial charge in [-0.2, -0.15) is 0 Å². The number of allylic oxidation sites excluding steroid dienone is 1. The van der Waals surface area contributed by atoms with E-state index in [2.05, 4.69) is 4.99 Å². The van der Waals surface area contributed by atoms with Gasteiger partial charge in [-0.3, -0.25) is 4.79 Å². The van der Waals surface area contributed by atoms with Crippen LogP contribution >= 0.6 is 11.8 Å². The number of nitrogens with zero attached hydrogens (tertiary/aromatic N) is 2. The Labute approximate surface area is 156 Å². The maximum atomic E-state index is 12.5. The van der Waals surface area contributed by atoms with Crippen molar-refractivity contribution in [1.82, 2.24) is 4.90 Å². The highest BCUT2D eigenvalue weighted by Gasteiger charge is 2.40. The van der Waals surface area contributed by atoms with E-state index in [1.165, 1.54) is 18.9 Å². The number of amidine groups is 1. The summed E-state index contributed by atoms with van der Waals surface area (Å²) in [5.41, 5.74) is 2.78. The molecular weight excluding hydrogens is 352 g/mol. The van der Waals surface area contributed by atoms with Crippen molar-refractivity contribution < 1.29 is 19.1 Å². The molecule has 2 aliphatic heterocycles. The summed E-state index contributed by atoms with van der Waals surface area (Å²) in [6.07, 6.45) is 0.122. The van der Waals surface area contributed by atoms with E-state index < -0.39 is 12.0 Å². The maximum Gasteiger partial charge on any atom is 0.338 e. The predicted molar refractivity (Wildman–Crippen MR) is 100 cm³/mol. The fourth-order valence-electron chi connectivity index (χ4n) is 3.05. The van der Waals surface area contributed by atoms with Crippen molar-refractivity contribution >= 4 is 28.9 Å². The molecule has 0 spiro atoms. The van der Waals surface area contributed by atoms with Gasteiger partial charge in [-0.05, 0) is 24.8 Å². The Morgan fingerprint density at radius 3 is 2.65 bits per heavy atom. The van der Waals surface area contributed by atoms with Crippen molar-refractivity contribution in [2.24, 2.45) is 4.99 Å². The van der Waals surface area contributed by atoms with Crippen molar-refractivity contribution in [1.29, 1.82) is 0 Å². The molecule has 0 N–H and O–H groups in total. The summed E-state index contributed by atoms with van der Waals surface area (Å²) < 4.78 is 10.1. The average molecular weight is 372 g/mol. The molecule has 1 aromatic carbocycles. The molecule has 1 atom stereocenters. The Morgan fingerprint density at radius 2 is 2.00 bits per heavy atom. The number of methoxy groups -OCH3 is 1. The van der Waals surface area contributed by atoms with E-state index in [0.717, 1.165) is 16.4 Å². The summed E-state index contributed by atoms with van der Waals surface area (Å²) in [4.78, 5) is 31.0. The monoisotopic (exact) mass is 372 g/mol. The highest BCUT2D eigenvalue weighted by Crippen LogP contribution is 2.44. The molecule has 0 saturated heterocycles. The van der Waals surface area contributed by atoms with E-state index in [-0.39, 0.29) is 12.4 Å². The number of carbonyl (C=O) groups excluding carboxylic acids is 2. The average Bonchev–Trinajstić information content (AvgIpc) is 3.03. The normalized spacial score (nSPS) is 18.9. The minimum Gasteiger partial charge on any atom is -0.466 e. The lowest BCUT2D eigenvalue weighted by Gasteiger charge is -2.36. The molecule has 0 saturated carbocycles. The number of aliphatic imine (C=N–C) groups is 1. The quantitative estimate of drug-likeness (QED) is 0.738. The van der Waals surface area contributed by atoms with Crippen LogP contribution in [0.15, 0.2) is 57.7 Å². The van der Waals surface area contributed by atoms with Crippen LogP contribution in [0.5, 0.6) is 0 Å². The first-order valence-corrected chi connectivity index (χ1v) is 9.18. The SMILES string of the molecule is CCOC(=O)CC1=CSC2=NC(C)=C(C(=O)OC)C(c3ccccc3)N12. The van der Waals surface area contributed by atoms with Crippen LogP contribution in [-0.2, 0) is 19.1 Å². The van der Waals surface area contributed by atoms with Crippen LogP contribution in [0.3, 0.4) is 0 Å². The number of hydrogen-bond donors (Lipinski definition) is 0. The van der Waals surface area contributed by atoms with Crippen molar-refractivity contribution in [3.63, 3.8) is 0 Å². The van der Waals surface area contributed by atoms with Crippen LogP contribution in [0.2, 0.25) is 0 Å². The second kappa shape index (κ2) is 7.78. The van der Waals surface area contributed by atoms with Crippen molar-refractivity contribution in [2.45, 2.75) is 26.3 Å². The van der Waals surface area contributed by atoms with Gasteiger partial charge in [-0.25, -0.2) is 9.79 Å². The van der Waals surface area contributed by atoms with Crippen LogP contribution in [0.25, 0.3) is 0 Å². The lowest BCUT2D eigenvalue weighted by atomic mass is 9.94. The van der Waals surface area contributed by atoms with Crippen LogP contribution in [0.4, 0.5) is 0 Å². The first kappa shape index (κ1) is 18.3. The number of esters is 2. The van der Waals surface area contributed by atoms with Crippen LogP contribution in [0, 0.1) is 0 Å². The van der Waals surface area contributed by atoms with Gasteiger partial charge in [0.25, 0.3) is 0 Å². The molecule has 0 aliphatic carbocycles. The van der Waals surface area contributed by atoms with Gasteiger partial charge >= 0.3 is 11.9 Å². The third kappa shape index (κ3) is 3.39. The zero-order chi connectivity index (χ0) is 18.7. The molecule has 3 rings (SSSR count). The summed E-state index contributed by atoms with van der Waals surface area (Å²) in [7, 11) is 1.36. The smallest absolute Gasteiger partial charge is 0.338 e. The van der Waals surface area contributed by atoms with E-state index in [9.17, 15) is 9.59 Å². The number of thioether (sulfide) groups is 1. The molecule has 6 nitrogen and oxygen atoms in total. The van der Waals surface area contributed by atoms with Crippen LogP contribution < -0.4 is 0 Å². The Bertz CT molecular complexity index is 814. The molecule has 26 heavy (non-hydrogen) atoms. The third-order valence-electron chi connectivity index (χ3n) is 4.15. The molecule has 2 heterocycles. The van der Waals surface area contributed by atoms with Gasteiger partial charge < -0.3 is 14.4 Å².